The molecule has 0 amide bonds. The lowest BCUT2D eigenvalue weighted by molar-refractivity contribution is -0.140. The van der Waals surface area contributed by atoms with E-state index in [0.717, 1.165) is 5.92 Å². The van der Waals surface area contributed by atoms with Gasteiger partial charge >= 0.3 is 5.97 Å². The molecule has 0 spiro atoms. The highest BCUT2D eigenvalue weighted by molar-refractivity contribution is 5.65. The molecule has 2 heteroatoms. The third-order valence-corrected chi connectivity index (χ3v) is 3.09. The molecule has 1 atom stereocenters. The fraction of sp³-hybridized carbons (Fsp3) is 0.938. The van der Waals surface area contributed by atoms with Gasteiger partial charge in [-0.15, -0.1) is 0 Å². The van der Waals surface area contributed by atoms with E-state index in [1.807, 2.05) is 0 Å². The molecule has 0 saturated carbocycles. The summed E-state index contributed by atoms with van der Waals surface area (Å²) in [4.78, 5) is 9.82. The third-order valence-electron chi connectivity index (χ3n) is 3.09. The Morgan fingerprint density at radius 3 is 1.94 bits per heavy atom. The van der Waals surface area contributed by atoms with Gasteiger partial charge in [0.05, 0.1) is 6.61 Å². The molecule has 0 aliphatic rings. The van der Waals surface area contributed by atoms with Gasteiger partial charge in [0.25, 0.3) is 0 Å². The standard InChI is InChI=1S/C12H26.C4H8O2/c1-4-7-8-9-11-12(6-3)10-5-2;1-3-6-4(2)5/h12H,4-11H2,1-3H3;3H2,1-2H3. The summed E-state index contributed by atoms with van der Waals surface area (Å²) in [5.74, 6) is 0.810. The molecule has 0 aromatic carbocycles. The molecule has 0 bridgehead atoms. The minimum atomic E-state index is -0.211. The molecule has 0 rings (SSSR count). The van der Waals surface area contributed by atoms with Crippen LogP contribution in [-0.2, 0) is 9.53 Å². The number of hydrogen-bond donors (Lipinski definition) is 0. The summed E-state index contributed by atoms with van der Waals surface area (Å²) >= 11 is 0. The Balaban J connectivity index is 0. The second-order valence-corrected chi connectivity index (χ2v) is 4.84. The molecule has 0 aliphatic heterocycles. The lowest BCUT2D eigenvalue weighted by Gasteiger charge is -2.12. The van der Waals surface area contributed by atoms with Gasteiger partial charge in [-0.25, -0.2) is 0 Å². The number of carbonyl (C=O) groups is 1. The topological polar surface area (TPSA) is 26.3 Å². The van der Waals surface area contributed by atoms with Crippen LogP contribution < -0.4 is 0 Å². The Morgan fingerprint density at radius 1 is 0.944 bits per heavy atom. The van der Waals surface area contributed by atoms with Crippen LogP contribution in [0.5, 0.6) is 0 Å². The molecular weight excluding hydrogens is 224 g/mol. The highest BCUT2D eigenvalue weighted by atomic mass is 16.5. The van der Waals surface area contributed by atoms with E-state index in [9.17, 15) is 4.79 Å². The highest BCUT2D eigenvalue weighted by Gasteiger charge is 2.03. The maximum atomic E-state index is 9.82. The van der Waals surface area contributed by atoms with E-state index in [1.165, 1.54) is 58.3 Å². The summed E-state index contributed by atoms with van der Waals surface area (Å²) in [6.45, 7) is 10.6. The largest absolute Gasteiger partial charge is 0.466 e. The maximum Gasteiger partial charge on any atom is 0.302 e. The SMILES string of the molecule is CCCCCCC(CC)CCC.CCOC(C)=O. The van der Waals surface area contributed by atoms with Gasteiger partial charge in [-0.05, 0) is 12.8 Å². The van der Waals surface area contributed by atoms with Crippen molar-refractivity contribution in [2.24, 2.45) is 5.92 Å². The second-order valence-electron chi connectivity index (χ2n) is 4.84. The van der Waals surface area contributed by atoms with Crippen LogP contribution in [0.25, 0.3) is 0 Å². The highest BCUT2D eigenvalue weighted by Crippen LogP contribution is 2.18. The monoisotopic (exact) mass is 258 g/mol. The Labute approximate surface area is 114 Å². The Hall–Kier alpha value is -0.530. The molecule has 0 aromatic rings. The molecule has 110 valence electrons. The quantitative estimate of drug-likeness (QED) is 0.411. The van der Waals surface area contributed by atoms with Gasteiger partial charge in [-0.1, -0.05) is 72.1 Å². The van der Waals surface area contributed by atoms with Crippen molar-refractivity contribution in [3.8, 4) is 0 Å². The smallest absolute Gasteiger partial charge is 0.302 e. The van der Waals surface area contributed by atoms with E-state index in [4.69, 9.17) is 0 Å². The van der Waals surface area contributed by atoms with Crippen molar-refractivity contribution in [1.29, 1.82) is 0 Å². The number of hydrogen-bond acceptors (Lipinski definition) is 2. The molecule has 0 fully saturated rings. The van der Waals surface area contributed by atoms with Crippen molar-refractivity contribution in [1.82, 2.24) is 0 Å². The molecular formula is C16H34O2. The van der Waals surface area contributed by atoms with Crippen molar-refractivity contribution in [3.63, 3.8) is 0 Å². The maximum absolute atomic E-state index is 9.82. The van der Waals surface area contributed by atoms with Crippen LogP contribution in [0, 0.1) is 5.92 Å². The second kappa shape index (κ2) is 16.5. The molecule has 0 N–H and O–H groups in total. The average molecular weight is 258 g/mol. The first-order valence-electron chi connectivity index (χ1n) is 7.75. The zero-order valence-corrected chi connectivity index (χ0v) is 13.3. The Morgan fingerprint density at radius 2 is 1.61 bits per heavy atom. The van der Waals surface area contributed by atoms with Crippen LogP contribution >= 0.6 is 0 Å². The summed E-state index contributed by atoms with van der Waals surface area (Å²) in [6.07, 6.45) is 11.4. The van der Waals surface area contributed by atoms with Crippen molar-refractivity contribution in [3.05, 3.63) is 0 Å². The van der Waals surface area contributed by atoms with Crippen LogP contribution in [0.2, 0.25) is 0 Å². The fourth-order valence-corrected chi connectivity index (χ4v) is 2.02. The Bertz CT molecular complexity index is 166. The van der Waals surface area contributed by atoms with Crippen molar-refractivity contribution in [2.45, 2.75) is 86.0 Å². The van der Waals surface area contributed by atoms with Crippen LogP contribution in [0.1, 0.15) is 86.0 Å². The number of unbranched alkanes of at least 4 members (excludes halogenated alkanes) is 3. The van der Waals surface area contributed by atoms with Crippen LogP contribution in [0.4, 0.5) is 0 Å². The minimum Gasteiger partial charge on any atom is -0.466 e. The first-order valence-corrected chi connectivity index (χ1v) is 7.75. The zero-order chi connectivity index (χ0) is 14.2. The molecule has 0 radical (unpaired) electrons. The molecule has 1 unspecified atom stereocenters. The first kappa shape index (κ1) is 19.8. The molecule has 0 heterocycles. The molecule has 0 saturated heterocycles. The van der Waals surface area contributed by atoms with Crippen molar-refractivity contribution >= 4 is 5.97 Å². The number of esters is 1. The van der Waals surface area contributed by atoms with Crippen molar-refractivity contribution < 1.29 is 9.53 Å². The van der Waals surface area contributed by atoms with Gasteiger partial charge in [0, 0.05) is 6.92 Å². The fourth-order valence-electron chi connectivity index (χ4n) is 2.02. The van der Waals surface area contributed by atoms with Crippen molar-refractivity contribution in [2.75, 3.05) is 6.61 Å². The zero-order valence-electron chi connectivity index (χ0n) is 13.3. The number of rotatable bonds is 9. The molecule has 0 aromatic heterocycles. The van der Waals surface area contributed by atoms with E-state index >= 15 is 0 Å². The minimum absolute atomic E-state index is 0.211. The van der Waals surface area contributed by atoms with Gasteiger partial charge in [0.15, 0.2) is 0 Å². The van der Waals surface area contributed by atoms with Crippen LogP contribution in [0.3, 0.4) is 0 Å². The van der Waals surface area contributed by atoms with Gasteiger partial charge < -0.3 is 4.74 Å². The summed E-state index contributed by atoms with van der Waals surface area (Å²) < 4.78 is 4.40. The van der Waals surface area contributed by atoms with Gasteiger partial charge in [0.2, 0.25) is 0 Å². The predicted octanol–water partition coefficient (Wildman–Crippen LogP) is 5.35. The molecule has 18 heavy (non-hydrogen) atoms. The Kier molecular flexibility index (Phi) is 18.1. The average Bonchev–Trinajstić information content (AvgIpc) is 2.34. The van der Waals surface area contributed by atoms with Crippen LogP contribution in [0.15, 0.2) is 0 Å². The van der Waals surface area contributed by atoms with E-state index < -0.39 is 0 Å². The molecule has 2 nitrogen and oxygen atoms in total. The summed E-state index contributed by atoms with van der Waals surface area (Å²) in [6, 6.07) is 0. The summed E-state index contributed by atoms with van der Waals surface area (Å²) in [5, 5.41) is 0. The lowest BCUT2D eigenvalue weighted by atomic mass is 9.94. The lowest BCUT2D eigenvalue weighted by Crippen LogP contribution is -1.97. The van der Waals surface area contributed by atoms with Crippen LogP contribution in [-0.4, -0.2) is 12.6 Å². The normalized spacial score (nSPS) is 11.4. The number of carbonyl (C=O) groups excluding carboxylic acids is 1. The van der Waals surface area contributed by atoms with E-state index in [1.54, 1.807) is 6.92 Å². The van der Waals surface area contributed by atoms with E-state index in [-0.39, 0.29) is 5.97 Å². The van der Waals surface area contributed by atoms with Gasteiger partial charge in [-0.3, -0.25) is 4.79 Å². The third kappa shape index (κ3) is 17.9. The summed E-state index contributed by atoms with van der Waals surface area (Å²) in [5.41, 5.74) is 0. The predicted molar refractivity (Wildman–Crippen MR) is 79.8 cm³/mol. The first-order chi connectivity index (χ1) is 8.62. The van der Waals surface area contributed by atoms with E-state index in [0.29, 0.717) is 6.61 Å². The number of ether oxygens (including phenoxy) is 1. The summed E-state index contributed by atoms with van der Waals surface area (Å²) in [7, 11) is 0. The van der Waals surface area contributed by atoms with E-state index in [2.05, 4.69) is 25.5 Å². The molecule has 0 aliphatic carbocycles. The van der Waals surface area contributed by atoms with Gasteiger partial charge in [-0.2, -0.15) is 0 Å². The van der Waals surface area contributed by atoms with Gasteiger partial charge in [0.1, 0.15) is 0 Å².